The number of aromatic amines is 1. The van der Waals surface area contributed by atoms with E-state index >= 15 is 0 Å². The second-order valence-corrected chi connectivity index (χ2v) is 12.2. The molecule has 0 radical (unpaired) electrons. The summed E-state index contributed by atoms with van der Waals surface area (Å²) in [5, 5.41) is 6.65. The number of ketones is 1. The lowest BCUT2D eigenvalue weighted by Crippen LogP contribution is -2.59. The molecule has 0 bridgehead atoms. The number of fused-ring (bicyclic) bond motifs is 2. The van der Waals surface area contributed by atoms with Gasteiger partial charge < -0.3 is 25.3 Å². The highest BCUT2D eigenvalue weighted by Gasteiger charge is 2.69. The molecule has 2 aromatic rings. The normalized spacial score (nSPS) is 25.0. The number of carbonyl (C=O) groups excluding carboxylic acids is 4. The molecule has 0 spiro atoms. The first kappa shape index (κ1) is 27.9. The van der Waals surface area contributed by atoms with Crippen LogP contribution in [-0.4, -0.2) is 65.2 Å². The summed E-state index contributed by atoms with van der Waals surface area (Å²) in [5.74, 6) is -0.349. The van der Waals surface area contributed by atoms with E-state index in [1.807, 2.05) is 18.2 Å². The summed E-state index contributed by atoms with van der Waals surface area (Å²) in [5.41, 5.74) is 1.05. The Labute approximate surface area is 235 Å². The molecule has 0 unspecified atom stereocenters. The van der Waals surface area contributed by atoms with Crippen LogP contribution in [0, 0.1) is 23.2 Å². The van der Waals surface area contributed by atoms with E-state index in [9.17, 15) is 19.2 Å². The van der Waals surface area contributed by atoms with Crippen molar-refractivity contribution in [3.8, 4) is 5.75 Å². The van der Waals surface area contributed by atoms with Crippen LogP contribution in [0.3, 0.4) is 0 Å². The van der Waals surface area contributed by atoms with Gasteiger partial charge >= 0.3 is 0 Å². The number of hydrogen-bond donors (Lipinski definition) is 3. The molecule has 5 rings (SSSR count). The van der Waals surface area contributed by atoms with E-state index in [1.54, 1.807) is 25.0 Å². The number of piperidine rings is 1. The predicted octanol–water partition coefficient (Wildman–Crippen LogP) is 3.60. The third kappa shape index (κ3) is 4.90. The van der Waals surface area contributed by atoms with Gasteiger partial charge in [-0.25, -0.2) is 0 Å². The highest BCUT2D eigenvalue weighted by Crippen LogP contribution is 2.65. The van der Waals surface area contributed by atoms with Crippen molar-refractivity contribution in [2.75, 3.05) is 13.7 Å². The number of methoxy groups -OCH3 is 1. The summed E-state index contributed by atoms with van der Waals surface area (Å²) >= 11 is 0. The van der Waals surface area contributed by atoms with Gasteiger partial charge in [0.2, 0.25) is 11.8 Å². The Hall–Kier alpha value is -3.62. The third-order valence-electron chi connectivity index (χ3n) is 9.51. The summed E-state index contributed by atoms with van der Waals surface area (Å²) in [7, 11) is 1.59. The summed E-state index contributed by atoms with van der Waals surface area (Å²) in [6, 6.07) is 5.14. The van der Waals surface area contributed by atoms with Gasteiger partial charge in [-0.2, -0.15) is 0 Å². The summed E-state index contributed by atoms with van der Waals surface area (Å²) < 4.78 is 5.44. The molecule has 1 aliphatic heterocycles. The molecule has 2 saturated carbocycles. The van der Waals surface area contributed by atoms with Crippen LogP contribution in [0.15, 0.2) is 36.9 Å². The third-order valence-corrected chi connectivity index (χ3v) is 9.51. The number of H-pyrrole nitrogens is 1. The molecule has 1 aromatic heterocycles. The van der Waals surface area contributed by atoms with Gasteiger partial charge in [0.1, 0.15) is 23.5 Å². The second-order valence-electron chi connectivity index (χ2n) is 12.2. The molecule has 2 heterocycles. The van der Waals surface area contributed by atoms with Crippen molar-refractivity contribution in [1.82, 2.24) is 20.5 Å². The molecule has 40 heavy (non-hydrogen) atoms. The lowest BCUT2D eigenvalue weighted by molar-refractivity contribution is -0.143. The summed E-state index contributed by atoms with van der Waals surface area (Å²) in [6.45, 7) is 9.83. The minimum absolute atomic E-state index is 0.00589. The van der Waals surface area contributed by atoms with Crippen LogP contribution >= 0.6 is 0 Å². The van der Waals surface area contributed by atoms with Crippen LogP contribution in [0.1, 0.15) is 63.4 Å². The van der Waals surface area contributed by atoms with Gasteiger partial charge in [0.25, 0.3) is 5.91 Å². The topological polar surface area (TPSA) is 121 Å². The molecule has 214 valence electrons. The molecule has 3 amide bonds. The van der Waals surface area contributed by atoms with Gasteiger partial charge in [0.15, 0.2) is 5.78 Å². The zero-order chi connectivity index (χ0) is 28.8. The molecule has 1 aromatic carbocycles. The van der Waals surface area contributed by atoms with Gasteiger partial charge in [-0.3, -0.25) is 19.2 Å². The minimum Gasteiger partial charge on any atom is -0.496 e. The highest BCUT2D eigenvalue weighted by atomic mass is 16.5. The van der Waals surface area contributed by atoms with Crippen molar-refractivity contribution in [3.63, 3.8) is 0 Å². The number of hydrogen-bond acceptors (Lipinski definition) is 5. The molecule has 2 aliphatic carbocycles. The molecule has 3 aliphatic rings. The largest absolute Gasteiger partial charge is 0.496 e. The van der Waals surface area contributed by atoms with Crippen molar-refractivity contribution in [3.05, 3.63) is 42.6 Å². The van der Waals surface area contributed by atoms with Crippen molar-refractivity contribution in [1.29, 1.82) is 0 Å². The van der Waals surface area contributed by atoms with Crippen molar-refractivity contribution in [2.24, 2.45) is 23.2 Å². The van der Waals surface area contributed by atoms with Crippen LogP contribution in [0.2, 0.25) is 0 Å². The number of nitrogens with one attached hydrogen (secondary N) is 3. The van der Waals surface area contributed by atoms with E-state index in [1.165, 1.54) is 6.08 Å². The number of benzene rings is 1. The fourth-order valence-corrected chi connectivity index (χ4v) is 7.03. The number of carbonyl (C=O) groups is 4. The summed E-state index contributed by atoms with van der Waals surface area (Å²) in [6.07, 6.45) is 5.97. The van der Waals surface area contributed by atoms with Crippen molar-refractivity contribution < 1.29 is 23.9 Å². The highest BCUT2D eigenvalue weighted by molar-refractivity contribution is 6.02. The zero-order valence-electron chi connectivity index (χ0n) is 23.8. The van der Waals surface area contributed by atoms with E-state index < -0.39 is 18.1 Å². The molecule has 9 nitrogen and oxygen atoms in total. The average Bonchev–Trinajstić information content (AvgIpc) is 3.34. The van der Waals surface area contributed by atoms with Crippen LogP contribution in [0.4, 0.5) is 0 Å². The average molecular weight is 549 g/mol. The minimum atomic E-state index is -0.746. The smallest absolute Gasteiger partial charge is 0.268 e. The van der Waals surface area contributed by atoms with E-state index in [0.29, 0.717) is 18.0 Å². The number of amides is 3. The van der Waals surface area contributed by atoms with Crippen LogP contribution in [-0.2, 0) is 14.4 Å². The molecule has 9 heteroatoms. The van der Waals surface area contributed by atoms with Crippen LogP contribution in [0.25, 0.3) is 10.9 Å². The number of ether oxygens (including phenoxy) is 1. The lowest BCUT2D eigenvalue weighted by Gasteiger charge is -2.37. The van der Waals surface area contributed by atoms with Crippen LogP contribution < -0.4 is 15.4 Å². The number of nitrogens with zero attached hydrogens (tertiary/aromatic N) is 1. The van der Waals surface area contributed by atoms with E-state index in [-0.39, 0.29) is 46.7 Å². The number of aromatic nitrogens is 1. The molecular formula is C31H40N4O5. The molecule has 3 N–H and O–H groups in total. The van der Waals surface area contributed by atoms with Gasteiger partial charge in [0, 0.05) is 17.4 Å². The number of rotatable bonds is 9. The fraction of sp³-hybridized carbons (Fsp3) is 0.548. The standard InChI is InChI=1S/C31H40N4O5/c1-6-23(36)17(2)32-29(38)27-25-20(31(25,3)4)16-35(27)30(39)26(18-11-8-7-9-12-18)34-28(37)22-15-19-21(33-22)13-10-14-24(19)40-5/h6,10,13-15,17-18,20,25-27,33H,1,7-9,11-12,16H2,2-5H3,(H,32,38)(H,34,37)/t17-,20-,25-,26-,27-/m0/s1. The first-order valence-corrected chi connectivity index (χ1v) is 14.3. The van der Waals surface area contributed by atoms with E-state index in [2.05, 4.69) is 36.0 Å². The van der Waals surface area contributed by atoms with E-state index in [4.69, 9.17) is 4.74 Å². The Morgan fingerprint density at radius 3 is 2.55 bits per heavy atom. The number of likely N-dealkylation sites (tertiary alicyclic amines) is 1. The first-order chi connectivity index (χ1) is 19.1. The summed E-state index contributed by atoms with van der Waals surface area (Å²) in [4.78, 5) is 58.3. The zero-order valence-corrected chi connectivity index (χ0v) is 23.8. The predicted molar refractivity (Wildman–Crippen MR) is 152 cm³/mol. The Kier molecular flexibility index (Phi) is 7.50. The van der Waals surface area contributed by atoms with Gasteiger partial charge in [-0.15, -0.1) is 0 Å². The molecule has 5 atom stereocenters. The van der Waals surface area contributed by atoms with Gasteiger partial charge in [-0.05, 0) is 67.2 Å². The van der Waals surface area contributed by atoms with Crippen LogP contribution in [0.5, 0.6) is 5.75 Å². The molecule has 1 saturated heterocycles. The Balaban J connectivity index is 1.41. The Bertz CT molecular complexity index is 1340. The Morgan fingerprint density at radius 2 is 1.88 bits per heavy atom. The molecule has 3 fully saturated rings. The lowest BCUT2D eigenvalue weighted by atomic mass is 9.83. The van der Waals surface area contributed by atoms with Gasteiger partial charge in [0.05, 0.1) is 13.2 Å². The quantitative estimate of drug-likeness (QED) is 0.414. The second kappa shape index (κ2) is 10.7. The van der Waals surface area contributed by atoms with Gasteiger partial charge in [-0.1, -0.05) is 45.8 Å². The van der Waals surface area contributed by atoms with Crippen molar-refractivity contribution in [2.45, 2.75) is 71.0 Å². The van der Waals surface area contributed by atoms with Crippen molar-refractivity contribution >= 4 is 34.4 Å². The first-order valence-electron chi connectivity index (χ1n) is 14.3. The molecular weight excluding hydrogens is 508 g/mol. The Morgan fingerprint density at radius 1 is 1.15 bits per heavy atom. The fourth-order valence-electron chi connectivity index (χ4n) is 7.03. The maximum absolute atomic E-state index is 14.3. The monoisotopic (exact) mass is 548 g/mol. The SMILES string of the molecule is C=CC(=O)[C@H](C)NC(=O)[C@@H]1[C@@H]2[C@H](CN1C(=O)[C@@H](NC(=O)c1cc3c(OC)cccc3[nH]1)C1CCCCC1)C2(C)C. The maximum atomic E-state index is 14.3. The van der Waals surface area contributed by atoms with E-state index in [0.717, 1.165) is 43.0 Å². The maximum Gasteiger partial charge on any atom is 0.268 e.